The van der Waals surface area contributed by atoms with Crippen LogP contribution in [0.1, 0.15) is 13.3 Å². The quantitative estimate of drug-likeness (QED) is 0.575. The predicted molar refractivity (Wildman–Crippen MR) is 104 cm³/mol. The average Bonchev–Trinajstić information content (AvgIpc) is 2.66. The molecule has 1 amide bonds. The summed E-state index contributed by atoms with van der Waals surface area (Å²) in [6, 6.07) is 12.6. The van der Waals surface area contributed by atoms with Crippen molar-refractivity contribution >= 4 is 44.7 Å². The molecule has 0 saturated carbocycles. The van der Waals surface area contributed by atoms with Crippen molar-refractivity contribution < 1.29 is 22.1 Å². The monoisotopic (exact) mass is 407 g/mol. The van der Waals surface area contributed by atoms with Crippen LogP contribution < -0.4 is 14.2 Å². The Morgan fingerprint density at radius 3 is 2.74 bits per heavy atom. The smallest absolute Gasteiger partial charge is 0.413 e. The number of para-hydroxylation sites is 1. The molecule has 0 radical (unpaired) electrons. The third-order valence-corrected chi connectivity index (χ3v) is 5.28. The van der Waals surface area contributed by atoms with Gasteiger partial charge in [0.05, 0.1) is 18.0 Å². The highest BCUT2D eigenvalue weighted by atomic mass is 32.2. The van der Waals surface area contributed by atoms with Crippen LogP contribution in [-0.4, -0.2) is 26.3 Å². The molecular weight excluding hydrogens is 390 g/mol. The molecule has 27 heavy (non-hydrogen) atoms. The molecule has 2 aromatic rings. The molecule has 0 atom stereocenters. The van der Waals surface area contributed by atoms with E-state index in [1.807, 2.05) is 6.92 Å². The van der Waals surface area contributed by atoms with Gasteiger partial charge in [0.1, 0.15) is 10.6 Å². The van der Waals surface area contributed by atoms with Crippen molar-refractivity contribution in [3.63, 3.8) is 0 Å². The number of ether oxygens (including phenoxy) is 1. The Balaban J connectivity index is 1.75. The first kappa shape index (κ1) is 19.1. The van der Waals surface area contributed by atoms with Crippen molar-refractivity contribution in [1.29, 1.82) is 0 Å². The third kappa shape index (κ3) is 4.92. The van der Waals surface area contributed by atoms with E-state index in [9.17, 15) is 13.2 Å². The number of aliphatic imine (C=N–C) groups is 1. The second-order valence-corrected chi connectivity index (χ2v) is 7.75. The van der Waals surface area contributed by atoms with Gasteiger partial charge in [-0.25, -0.2) is 9.79 Å². The summed E-state index contributed by atoms with van der Waals surface area (Å²) in [4.78, 5) is 15.9. The predicted octanol–water partition coefficient (Wildman–Crippen LogP) is 3.65. The maximum absolute atomic E-state index is 12.4. The maximum Gasteiger partial charge on any atom is 0.413 e. The number of carbonyl (C=O) groups excluding carboxylic acids is 1. The standard InChI is InChI=1S/C17H17N3O5S2/c1-2-10-24-17(21)19-16-18-14-9-8-13(11-15(14)20-26-16)27(22,23)25-12-6-4-3-5-7-12/h3-9,11,20H,2,10H2,1H3,(H,18,19,21). The van der Waals surface area contributed by atoms with Crippen LogP contribution >= 0.6 is 11.9 Å². The van der Waals surface area contributed by atoms with E-state index < -0.39 is 16.2 Å². The second-order valence-electron chi connectivity index (χ2n) is 5.41. The number of hydrogen-bond donors (Lipinski definition) is 2. The first-order valence-electron chi connectivity index (χ1n) is 8.07. The molecule has 8 nitrogen and oxygen atoms in total. The number of fused-ring (bicyclic) bond motifs is 1. The summed E-state index contributed by atoms with van der Waals surface area (Å²) in [5.41, 5.74) is 0.975. The van der Waals surface area contributed by atoms with Crippen molar-refractivity contribution in [2.24, 2.45) is 4.99 Å². The molecule has 0 fully saturated rings. The minimum atomic E-state index is -3.98. The highest BCUT2D eigenvalue weighted by Crippen LogP contribution is 2.34. The number of benzene rings is 2. The lowest BCUT2D eigenvalue weighted by molar-refractivity contribution is 0.152. The Bertz CT molecular complexity index is 962. The summed E-state index contributed by atoms with van der Waals surface area (Å²) in [6.07, 6.45) is 0.125. The summed E-state index contributed by atoms with van der Waals surface area (Å²) in [7, 11) is -3.98. The molecule has 0 unspecified atom stereocenters. The summed E-state index contributed by atoms with van der Waals surface area (Å²) in [5.74, 6) is 0.229. The zero-order valence-electron chi connectivity index (χ0n) is 14.3. The molecular formula is C17H17N3O5S2. The normalized spacial score (nSPS) is 13.0. The zero-order chi connectivity index (χ0) is 19.3. The van der Waals surface area contributed by atoms with Gasteiger partial charge in [-0.2, -0.15) is 8.42 Å². The Morgan fingerprint density at radius 1 is 1.22 bits per heavy atom. The number of anilines is 1. The van der Waals surface area contributed by atoms with Gasteiger partial charge in [-0.3, -0.25) is 5.32 Å². The number of hydrogen-bond acceptors (Lipinski definition) is 8. The molecule has 1 aliphatic heterocycles. The minimum absolute atomic E-state index is 0.00725. The Morgan fingerprint density at radius 2 is 2.00 bits per heavy atom. The number of alkyl carbamates (subject to hydrolysis) is 1. The Labute approximate surface area is 161 Å². The fraction of sp³-hybridized carbons (Fsp3) is 0.176. The van der Waals surface area contributed by atoms with Crippen LogP contribution in [0.3, 0.4) is 0 Å². The number of amidine groups is 1. The van der Waals surface area contributed by atoms with Crippen LogP contribution in [0.25, 0.3) is 0 Å². The lowest BCUT2D eigenvalue weighted by Crippen LogP contribution is -2.30. The second kappa shape index (κ2) is 8.31. The van der Waals surface area contributed by atoms with Gasteiger partial charge in [0, 0.05) is 11.9 Å². The van der Waals surface area contributed by atoms with Crippen molar-refractivity contribution in [3.05, 3.63) is 48.5 Å². The largest absolute Gasteiger partial charge is 0.449 e. The lowest BCUT2D eigenvalue weighted by atomic mass is 10.3. The van der Waals surface area contributed by atoms with Gasteiger partial charge in [-0.1, -0.05) is 25.1 Å². The van der Waals surface area contributed by atoms with E-state index in [0.29, 0.717) is 23.1 Å². The zero-order valence-corrected chi connectivity index (χ0v) is 16.0. The fourth-order valence-electron chi connectivity index (χ4n) is 2.11. The first-order chi connectivity index (χ1) is 13.0. The van der Waals surface area contributed by atoms with E-state index in [2.05, 4.69) is 15.0 Å². The van der Waals surface area contributed by atoms with Gasteiger partial charge >= 0.3 is 16.2 Å². The maximum atomic E-state index is 12.4. The van der Waals surface area contributed by atoms with Crippen molar-refractivity contribution in [2.75, 3.05) is 11.3 Å². The van der Waals surface area contributed by atoms with Crippen molar-refractivity contribution in [2.45, 2.75) is 18.2 Å². The van der Waals surface area contributed by atoms with Crippen LogP contribution in [0.2, 0.25) is 0 Å². The summed E-state index contributed by atoms with van der Waals surface area (Å²) < 4.78 is 37.9. The summed E-state index contributed by atoms with van der Waals surface area (Å²) in [6.45, 7) is 2.21. The molecule has 3 rings (SSSR count). The van der Waals surface area contributed by atoms with Crippen molar-refractivity contribution in [1.82, 2.24) is 5.32 Å². The van der Waals surface area contributed by atoms with E-state index in [1.165, 1.54) is 18.2 Å². The first-order valence-corrected chi connectivity index (χ1v) is 10.3. The molecule has 10 heteroatoms. The topological polar surface area (TPSA) is 106 Å². The van der Waals surface area contributed by atoms with Crippen LogP contribution in [0, 0.1) is 0 Å². The van der Waals surface area contributed by atoms with E-state index in [1.54, 1.807) is 30.3 Å². The number of rotatable bonds is 5. The number of nitrogens with one attached hydrogen (secondary N) is 2. The molecule has 0 aromatic heterocycles. The fourth-order valence-corrected chi connectivity index (χ4v) is 3.71. The van der Waals surface area contributed by atoms with Gasteiger partial charge in [0.15, 0.2) is 5.17 Å². The number of nitrogens with zero attached hydrogens (tertiary/aromatic N) is 1. The van der Waals surface area contributed by atoms with E-state index in [-0.39, 0.29) is 10.6 Å². The third-order valence-electron chi connectivity index (χ3n) is 3.33. The summed E-state index contributed by atoms with van der Waals surface area (Å²) in [5, 5.41) is 2.82. The van der Waals surface area contributed by atoms with Gasteiger partial charge in [0.2, 0.25) is 0 Å². The molecule has 2 N–H and O–H groups in total. The highest BCUT2D eigenvalue weighted by Gasteiger charge is 2.21. The van der Waals surface area contributed by atoms with Gasteiger partial charge in [-0.15, -0.1) is 0 Å². The number of amides is 1. The molecule has 2 aromatic carbocycles. The Hall–Kier alpha value is -2.72. The van der Waals surface area contributed by atoms with Crippen LogP contribution in [0.4, 0.5) is 16.2 Å². The van der Waals surface area contributed by atoms with E-state index in [0.717, 1.165) is 18.4 Å². The lowest BCUT2D eigenvalue weighted by Gasteiger charge is -2.17. The molecule has 0 spiro atoms. The van der Waals surface area contributed by atoms with E-state index >= 15 is 0 Å². The van der Waals surface area contributed by atoms with Crippen molar-refractivity contribution in [3.8, 4) is 5.75 Å². The molecule has 0 saturated heterocycles. The van der Waals surface area contributed by atoms with Gasteiger partial charge in [0.25, 0.3) is 0 Å². The summed E-state index contributed by atoms with van der Waals surface area (Å²) >= 11 is 1.04. The van der Waals surface area contributed by atoms with Crippen LogP contribution in [-0.2, 0) is 14.9 Å². The SMILES string of the molecule is CCCOC(=O)NC1=Nc2ccc(S(=O)(=O)Oc3ccccc3)cc2NS1. The van der Waals surface area contributed by atoms with Gasteiger partial charge < -0.3 is 13.6 Å². The molecule has 1 aliphatic rings. The average molecular weight is 407 g/mol. The van der Waals surface area contributed by atoms with Crippen LogP contribution in [0.15, 0.2) is 58.4 Å². The highest BCUT2D eigenvalue weighted by molar-refractivity contribution is 8.15. The van der Waals surface area contributed by atoms with Gasteiger partial charge in [-0.05, 0) is 36.8 Å². The minimum Gasteiger partial charge on any atom is -0.449 e. The van der Waals surface area contributed by atoms with Crippen LogP contribution in [0.5, 0.6) is 5.75 Å². The molecule has 142 valence electrons. The number of carbonyl (C=O) groups is 1. The molecule has 0 aliphatic carbocycles. The molecule has 0 bridgehead atoms. The van der Waals surface area contributed by atoms with E-state index in [4.69, 9.17) is 8.92 Å². The molecule has 1 heterocycles. The Kier molecular flexibility index (Phi) is 5.87.